The molecule has 0 saturated heterocycles. The van der Waals surface area contributed by atoms with E-state index in [4.69, 9.17) is 15.0 Å². The van der Waals surface area contributed by atoms with Crippen LogP contribution < -0.4 is 11.1 Å². The molecular formula is C20H16FN5O2. The van der Waals surface area contributed by atoms with Gasteiger partial charge < -0.3 is 20.3 Å². The van der Waals surface area contributed by atoms with Crippen molar-refractivity contribution in [2.75, 3.05) is 18.2 Å². The third kappa shape index (κ3) is 3.48. The van der Waals surface area contributed by atoms with Crippen molar-refractivity contribution < 1.29 is 13.6 Å². The van der Waals surface area contributed by atoms with E-state index >= 15 is 0 Å². The molecule has 4 rings (SSSR count). The number of halogens is 1. The second-order valence-electron chi connectivity index (χ2n) is 5.94. The van der Waals surface area contributed by atoms with Crippen molar-refractivity contribution >= 4 is 34.5 Å². The van der Waals surface area contributed by atoms with Gasteiger partial charge in [-0.2, -0.15) is 0 Å². The average molecular weight is 377 g/mol. The summed E-state index contributed by atoms with van der Waals surface area (Å²) in [6.45, 7) is 0. The van der Waals surface area contributed by atoms with Crippen molar-refractivity contribution in [3.8, 4) is 11.3 Å². The van der Waals surface area contributed by atoms with E-state index in [1.165, 1.54) is 31.8 Å². The number of nitrogens with zero attached hydrogens (tertiary/aromatic N) is 3. The highest BCUT2D eigenvalue weighted by Crippen LogP contribution is 2.31. The zero-order valence-corrected chi connectivity index (χ0v) is 14.9. The smallest absolute Gasteiger partial charge is 0.144 e. The first-order valence-corrected chi connectivity index (χ1v) is 8.37. The second-order valence-corrected chi connectivity index (χ2v) is 5.94. The summed E-state index contributed by atoms with van der Waals surface area (Å²) in [5, 5.41) is 7.78. The quantitative estimate of drug-likeness (QED) is 0.397. The number of rotatable bonds is 5. The van der Waals surface area contributed by atoms with E-state index in [2.05, 4.69) is 20.4 Å². The Morgan fingerprint density at radius 1 is 1.18 bits per heavy atom. The Morgan fingerprint density at radius 2 is 2.07 bits per heavy atom. The topological polar surface area (TPSA) is 98.6 Å². The molecule has 8 heteroatoms. The molecule has 2 aromatic carbocycles. The van der Waals surface area contributed by atoms with Gasteiger partial charge in [-0.15, -0.1) is 0 Å². The number of nitrogens with two attached hydrogens (primary N) is 1. The van der Waals surface area contributed by atoms with E-state index in [0.717, 1.165) is 11.1 Å². The minimum absolute atomic E-state index is 0.274. The molecule has 3 N–H and O–H groups in total. The van der Waals surface area contributed by atoms with Crippen LogP contribution in [0.3, 0.4) is 0 Å². The molecule has 0 atom stereocenters. The summed E-state index contributed by atoms with van der Waals surface area (Å²) in [7, 11) is 1.44. The largest absolute Gasteiger partial charge is 0.456 e. The molecule has 0 amide bonds. The summed E-state index contributed by atoms with van der Waals surface area (Å²) in [6.07, 6.45) is 2.80. The molecule has 0 aliphatic heterocycles. The van der Waals surface area contributed by atoms with Crippen molar-refractivity contribution in [2.45, 2.75) is 0 Å². The zero-order valence-electron chi connectivity index (χ0n) is 14.9. The van der Waals surface area contributed by atoms with Gasteiger partial charge in [-0.05, 0) is 36.4 Å². The number of oxime groups is 1. The van der Waals surface area contributed by atoms with Crippen LogP contribution in [0.4, 0.5) is 21.7 Å². The Labute approximate surface area is 159 Å². The maximum absolute atomic E-state index is 13.5. The van der Waals surface area contributed by atoms with Crippen LogP contribution in [0.2, 0.25) is 0 Å². The molecule has 0 saturated carbocycles. The molecule has 2 heterocycles. The van der Waals surface area contributed by atoms with Gasteiger partial charge in [-0.1, -0.05) is 17.3 Å². The fraction of sp³-hybridized carbons (Fsp3) is 0.0500. The van der Waals surface area contributed by atoms with E-state index < -0.39 is 0 Å². The van der Waals surface area contributed by atoms with Crippen molar-refractivity contribution in [3.63, 3.8) is 0 Å². The molecule has 0 radical (unpaired) electrons. The summed E-state index contributed by atoms with van der Waals surface area (Å²) >= 11 is 0. The Balaban J connectivity index is 1.68. The molecule has 140 valence electrons. The molecular weight excluding hydrogens is 361 g/mol. The molecule has 28 heavy (non-hydrogen) atoms. The van der Waals surface area contributed by atoms with Crippen LogP contribution in [-0.4, -0.2) is 23.3 Å². The monoisotopic (exact) mass is 377 g/mol. The van der Waals surface area contributed by atoms with E-state index in [-0.39, 0.29) is 11.6 Å². The summed E-state index contributed by atoms with van der Waals surface area (Å²) in [5.41, 5.74) is 8.54. The van der Waals surface area contributed by atoms with E-state index in [1.54, 1.807) is 12.1 Å². The van der Waals surface area contributed by atoms with Gasteiger partial charge in [0.25, 0.3) is 0 Å². The Bertz CT molecular complexity index is 1170. The lowest BCUT2D eigenvalue weighted by molar-refractivity contribution is 0.215. The van der Waals surface area contributed by atoms with E-state index in [0.29, 0.717) is 28.3 Å². The number of nitrogen functional groups attached to an aromatic ring is 1. The molecule has 0 spiro atoms. The number of hydrogen-bond acceptors (Lipinski definition) is 7. The second kappa shape index (κ2) is 7.36. The van der Waals surface area contributed by atoms with Crippen LogP contribution in [0.15, 0.2) is 64.4 Å². The van der Waals surface area contributed by atoms with Crippen molar-refractivity contribution in [1.82, 2.24) is 9.97 Å². The molecule has 2 aromatic heterocycles. The summed E-state index contributed by atoms with van der Waals surface area (Å²) in [4.78, 5) is 12.9. The molecule has 0 unspecified atom stereocenters. The summed E-state index contributed by atoms with van der Waals surface area (Å²) < 4.78 is 19.3. The van der Waals surface area contributed by atoms with E-state index in [1.807, 2.05) is 24.3 Å². The zero-order chi connectivity index (χ0) is 19.5. The SMILES string of the molecule is CON=Cc1c(N)ncnc1Nc1ccc2oc(-c3cccc(F)c3)cc2c1. The van der Waals surface area contributed by atoms with E-state index in [9.17, 15) is 4.39 Å². The Hall–Kier alpha value is -3.94. The maximum Gasteiger partial charge on any atom is 0.144 e. The number of fused-ring (bicyclic) bond motifs is 1. The fourth-order valence-electron chi connectivity index (χ4n) is 2.78. The third-order valence-corrected chi connectivity index (χ3v) is 4.09. The molecule has 0 aliphatic rings. The van der Waals surface area contributed by atoms with Gasteiger partial charge in [-0.25, -0.2) is 14.4 Å². The maximum atomic E-state index is 13.5. The lowest BCUT2D eigenvalue weighted by Gasteiger charge is -2.09. The Morgan fingerprint density at radius 3 is 2.89 bits per heavy atom. The van der Waals surface area contributed by atoms with Gasteiger partial charge in [0.15, 0.2) is 0 Å². The number of aromatic nitrogens is 2. The normalized spacial score (nSPS) is 11.2. The van der Waals surface area contributed by atoms with Crippen LogP contribution in [0.5, 0.6) is 0 Å². The van der Waals surface area contributed by atoms with Gasteiger partial charge in [0, 0.05) is 16.6 Å². The molecule has 0 aliphatic carbocycles. The highest BCUT2D eigenvalue weighted by Gasteiger charge is 2.11. The third-order valence-electron chi connectivity index (χ3n) is 4.09. The number of benzene rings is 2. The lowest BCUT2D eigenvalue weighted by atomic mass is 10.1. The van der Waals surface area contributed by atoms with Crippen LogP contribution in [-0.2, 0) is 4.84 Å². The predicted octanol–water partition coefficient (Wildman–Crippen LogP) is 4.34. The van der Waals surface area contributed by atoms with Gasteiger partial charge in [0.2, 0.25) is 0 Å². The molecule has 0 bridgehead atoms. The number of hydrogen-bond donors (Lipinski definition) is 2. The molecule has 0 fully saturated rings. The first-order valence-electron chi connectivity index (χ1n) is 8.37. The van der Waals surface area contributed by atoms with Crippen LogP contribution in [0.1, 0.15) is 5.56 Å². The number of nitrogens with one attached hydrogen (secondary N) is 1. The van der Waals surface area contributed by atoms with Crippen LogP contribution in [0.25, 0.3) is 22.3 Å². The average Bonchev–Trinajstić information content (AvgIpc) is 3.11. The minimum Gasteiger partial charge on any atom is -0.456 e. The standard InChI is InChI=1S/C20H16FN5O2/c1-27-25-10-16-19(22)23-11-24-20(16)26-15-5-6-17-13(8-15)9-18(28-17)12-3-2-4-14(21)7-12/h2-11H,1H3,(H3,22,23,24,26). The predicted molar refractivity (Wildman–Crippen MR) is 106 cm³/mol. The summed E-state index contributed by atoms with van der Waals surface area (Å²) in [5.74, 6) is 1.04. The van der Waals surface area contributed by atoms with Crippen molar-refractivity contribution in [2.24, 2.45) is 5.16 Å². The highest BCUT2D eigenvalue weighted by molar-refractivity contribution is 5.93. The first-order chi connectivity index (χ1) is 13.6. The van der Waals surface area contributed by atoms with Gasteiger partial charge >= 0.3 is 0 Å². The van der Waals surface area contributed by atoms with Crippen LogP contribution in [0, 0.1) is 5.82 Å². The molecule has 7 nitrogen and oxygen atoms in total. The van der Waals surface area contributed by atoms with Crippen LogP contribution >= 0.6 is 0 Å². The van der Waals surface area contributed by atoms with Gasteiger partial charge in [0.1, 0.15) is 42.2 Å². The molecule has 4 aromatic rings. The minimum atomic E-state index is -0.313. The highest BCUT2D eigenvalue weighted by atomic mass is 19.1. The lowest BCUT2D eigenvalue weighted by Crippen LogP contribution is -2.04. The van der Waals surface area contributed by atoms with Gasteiger partial charge in [0.05, 0.1) is 11.8 Å². The van der Waals surface area contributed by atoms with Gasteiger partial charge in [-0.3, -0.25) is 0 Å². The number of furan rings is 1. The van der Waals surface area contributed by atoms with Crippen molar-refractivity contribution in [3.05, 3.63) is 66.2 Å². The van der Waals surface area contributed by atoms with Crippen molar-refractivity contribution in [1.29, 1.82) is 0 Å². The summed E-state index contributed by atoms with van der Waals surface area (Å²) in [6, 6.07) is 13.7. The Kier molecular flexibility index (Phi) is 4.59. The fourth-order valence-corrected chi connectivity index (χ4v) is 2.78. The number of anilines is 3. The first kappa shape index (κ1) is 17.5.